The van der Waals surface area contributed by atoms with E-state index in [1.807, 2.05) is 6.92 Å². The van der Waals surface area contributed by atoms with E-state index in [1.165, 1.54) is 16.5 Å². The molecule has 0 saturated heterocycles. The predicted molar refractivity (Wildman–Crippen MR) is 69.7 cm³/mol. The quantitative estimate of drug-likeness (QED) is 0.720. The maximum atomic E-state index is 5.92. The SMILES string of the molecule is C/C=C\c1c(CCC)oc2cc(C)ccc12. The molecule has 0 fully saturated rings. The lowest BCUT2D eigenvalue weighted by molar-refractivity contribution is 0.543. The molecule has 1 heteroatoms. The standard InChI is InChI=1S/C15H18O/c1-4-6-12-13-9-8-11(3)10-15(13)16-14(12)7-5-2/h4,6,8-10H,5,7H2,1-3H3/b6-4-. The molecule has 1 nitrogen and oxygen atoms in total. The summed E-state index contributed by atoms with van der Waals surface area (Å²) in [5.74, 6) is 1.11. The maximum Gasteiger partial charge on any atom is 0.135 e. The lowest BCUT2D eigenvalue weighted by Gasteiger charge is -1.94. The van der Waals surface area contributed by atoms with E-state index in [2.05, 4.69) is 44.2 Å². The molecule has 2 aromatic rings. The number of fused-ring (bicyclic) bond motifs is 1. The summed E-state index contributed by atoms with van der Waals surface area (Å²) in [5, 5.41) is 1.23. The second kappa shape index (κ2) is 4.56. The van der Waals surface area contributed by atoms with Crippen LogP contribution in [0.2, 0.25) is 0 Å². The van der Waals surface area contributed by atoms with E-state index in [4.69, 9.17) is 4.42 Å². The van der Waals surface area contributed by atoms with Gasteiger partial charge in [0, 0.05) is 17.4 Å². The van der Waals surface area contributed by atoms with Crippen LogP contribution in [0.25, 0.3) is 17.0 Å². The van der Waals surface area contributed by atoms with Crippen LogP contribution >= 0.6 is 0 Å². The molecule has 0 radical (unpaired) electrons. The van der Waals surface area contributed by atoms with E-state index in [9.17, 15) is 0 Å². The number of rotatable bonds is 3. The highest BCUT2D eigenvalue weighted by atomic mass is 16.3. The van der Waals surface area contributed by atoms with E-state index in [0.717, 1.165) is 24.2 Å². The minimum absolute atomic E-state index is 1.01. The van der Waals surface area contributed by atoms with Crippen molar-refractivity contribution in [3.05, 3.63) is 41.2 Å². The van der Waals surface area contributed by atoms with Crippen molar-refractivity contribution in [3.8, 4) is 0 Å². The zero-order chi connectivity index (χ0) is 11.5. The molecule has 0 atom stereocenters. The summed E-state index contributed by atoms with van der Waals surface area (Å²) in [7, 11) is 0. The van der Waals surface area contributed by atoms with Crippen LogP contribution in [0.1, 0.15) is 37.2 Å². The Bertz CT molecular complexity index is 517. The smallest absolute Gasteiger partial charge is 0.135 e. The molecule has 1 aromatic carbocycles. The van der Waals surface area contributed by atoms with E-state index in [-0.39, 0.29) is 0 Å². The van der Waals surface area contributed by atoms with Gasteiger partial charge in [0.25, 0.3) is 0 Å². The molecular formula is C15H18O. The first-order valence-electron chi connectivity index (χ1n) is 5.91. The fourth-order valence-electron chi connectivity index (χ4n) is 2.04. The first kappa shape index (κ1) is 11.0. The molecule has 0 aliphatic heterocycles. The summed E-state index contributed by atoms with van der Waals surface area (Å²) in [4.78, 5) is 0. The average molecular weight is 214 g/mol. The van der Waals surface area contributed by atoms with Gasteiger partial charge in [0.05, 0.1) is 0 Å². The molecule has 0 aliphatic rings. The first-order chi connectivity index (χ1) is 7.76. The van der Waals surface area contributed by atoms with Gasteiger partial charge in [0.15, 0.2) is 0 Å². The fraction of sp³-hybridized carbons (Fsp3) is 0.333. The number of hydrogen-bond donors (Lipinski definition) is 0. The molecule has 84 valence electrons. The summed E-state index contributed by atoms with van der Waals surface area (Å²) >= 11 is 0. The highest BCUT2D eigenvalue weighted by molar-refractivity contribution is 5.88. The van der Waals surface area contributed by atoms with Gasteiger partial charge in [0.2, 0.25) is 0 Å². The van der Waals surface area contributed by atoms with Gasteiger partial charge in [-0.2, -0.15) is 0 Å². The van der Waals surface area contributed by atoms with Crippen molar-refractivity contribution in [1.29, 1.82) is 0 Å². The second-order valence-electron chi connectivity index (χ2n) is 4.19. The van der Waals surface area contributed by atoms with Crippen molar-refractivity contribution in [2.45, 2.75) is 33.6 Å². The van der Waals surface area contributed by atoms with Crippen LogP contribution in [-0.4, -0.2) is 0 Å². The average Bonchev–Trinajstić information content (AvgIpc) is 2.57. The number of allylic oxidation sites excluding steroid dienone is 1. The van der Waals surface area contributed by atoms with E-state index < -0.39 is 0 Å². The van der Waals surface area contributed by atoms with Gasteiger partial charge in [-0.25, -0.2) is 0 Å². The summed E-state index contributed by atoms with van der Waals surface area (Å²) in [6, 6.07) is 6.41. The molecule has 0 spiro atoms. The van der Waals surface area contributed by atoms with Crippen molar-refractivity contribution >= 4 is 17.0 Å². The van der Waals surface area contributed by atoms with Crippen LogP contribution in [0.15, 0.2) is 28.7 Å². The molecule has 16 heavy (non-hydrogen) atoms. The third kappa shape index (κ3) is 1.90. The highest BCUT2D eigenvalue weighted by Gasteiger charge is 2.10. The van der Waals surface area contributed by atoms with Crippen molar-refractivity contribution in [3.63, 3.8) is 0 Å². The molecular weight excluding hydrogens is 196 g/mol. The molecule has 0 unspecified atom stereocenters. The third-order valence-electron chi connectivity index (χ3n) is 2.77. The second-order valence-corrected chi connectivity index (χ2v) is 4.19. The van der Waals surface area contributed by atoms with Gasteiger partial charge in [-0.1, -0.05) is 31.2 Å². The van der Waals surface area contributed by atoms with E-state index in [1.54, 1.807) is 0 Å². The third-order valence-corrected chi connectivity index (χ3v) is 2.77. The number of benzene rings is 1. The summed E-state index contributed by atoms with van der Waals surface area (Å²) in [5.41, 5.74) is 3.51. The summed E-state index contributed by atoms with van der Waals surface area (Å²) < 4.78 is 5.92. The van der Waals surface area contributed by atoms with Crippen molar-refractivity contribution in [2.75, 3.05) is 0 Å². The molecule has 0 amide bonds. The molecule has 1 aromatic heterocycles. The Morgan fingerprint density at radius 3 is 2.81 bits per heavy atom. The minimum atomic E-state index is 1.01. The van der Waals surface area contributed by atoms with Gasteiger partial charge in [-0.05, 0) is 31.9 Å². The normalized spacial score (nSPS) is 11.7. The zero-order valence-electron chi connectivity index (χ0n) is 10.2. The lowest BCUT2D eigenvalue weighted by Crippen LogP contribution is -1.82. The Labute approximate surface area is 96.8 Å². The Balaban J connectivity index is 2.65. The van der Waals surface area contributed by atoms with Gasteiger partial charge in [-0.3, -0.25) is 0 Å². The monoisotopic (exact) mass is 214 g/mol. The molecule has 2 rings (SSSR count). The van der Waals surface area contributed by atoms with Crippen LogP contribution in [0.5, 0.6) is 0 Å². The van der Waals surface area contributed by atoms with Crippen molar-refractivity contribution in [1.82, 2.24) is 0 Å². The fourth-order valence-corrected chi connectivity index (χ4v) is 2.04. The number of furan rings is 1. The summed E-state index contributed by atoms with van der Waals surface area (Å²) in [6.45, 7) is 6.32. The predicted octanol–water partition coefficient (Wildman–Crippen LogP) is 4.73. The summed E-state index contributed by atoms with van der Waals surface area (Å²) in [6.07, 6.45) is 6.34. The van der Waals surface area contributed by atoms with Crippen LogP contribution in [0.4, 0.5) is 0 Å². The van der Waals surface area contributed by atoms with E-state index >= 15 is 0 Å². The Morgan fingerprint density at radius 2 is 2.12 bits per heavy atom. The highest BCUT2D eigenvalue weighted by Crippen LogP contribution is 2.28. The van der Waals surface area contributed by atoms with E-state index in [0.29, 0.717) is 0 Å². The first-order valence-corrected chi connectivity index (χ1v) is 5.91. The Kier molecular flexibility index (Phi) is 3.14. The van der Waals surface area contributed by atoms with Crippen molar-refractivity contribution < 1.29 is 4.42 Å². The molecule has 0 aliphatic carbocycles. The van der Waals surface area contributed by atoms with Gasteiger partial charge in [0.1, 0.15) is 11.3 Å². The number of aryl methyl sites for hydroxylation is 2. The van der Waals surface area contributed by atoms with Crippen LogP contribution in [0.3, 0.4) is 0 Å². The Morgan fingerprint density at radius 1 is 1.31 bits per heavy atom. The zero-order valence-corrected chi connectivity index (χ0v) is 10.2. The topological polar surface area (TPSA) is 13.1 Å². The Hall–Kier alpha value is -1.50. The largest absolute Gasteiger partial charge is 0.460 e. The molecule has 0 N–H and O–H groups in total. The van der Waals surface area contributed by atoms with Crippen molar-refractivity contribution in [2.24, 2.45) is 0 Å². The minimum Gasteiger partial charge on any atom is -0.460 e. The van der Waals surface area contributed by atoms with Gasteiger partial charge in [-0.15, -0.1) is 0 Å². The molecule has 1 heterocycles. The van der Waals surface area contributed by atoms with Gasteiger partial charge < -0.3 is 4.42 Å². The molecule has 0 bridgehead atoms. The number of hydrogen-bond acceptors (Lipinski definition) is 1. The molecule has 0 saturated carbocycles. The van der Waals surface area contributed by atoms with Gasteiger partial charge >= 0.3 is 0 Å². The van der Waals surface area contributed by atoms with Crippen LogP contribution in [0, 0.1) is 6.92 Å². The van der Waals surface area contributed by atoms with Crippen LogP contribution in [-0.2, 0) is 6.42 Å². The maximum absolute atomic E-state index is 5.92. The van der Waals surface area contributed by atoms with Crippen LogP contribution < -0.4 is 0 Å². The lowest BCUT2D eigenvalue weighted by atomic mass is 10.1.